The van der Waals surface area contributed by atoms with Crippen LogP contribution in [0.25, 0.3) is 22.2 Å². The molecule has 1 aromatic carbocycles. The lowest BCUT2D eigenvalue weighted by Gasteiger charge is -2.12. The van der Waals surface area contributed by atoms with Gasteiger partial charge in [-0.05, 0) is 59.2 Å². The molecule has 198 valence electrons. The maximum atomic E-state index is 13.7. The van der Waals surface area contributed by atoms with Crippen molar-refractivity contribution in [3.8, 4) is 11.3 Å². The van der Waals surface area contributed by atoms with E-state index in [4.69, 9.17) is 14.5 Å². The van der Waals surface area contributed by atoms with Gasteiger partial charge in [-0.3, -0.25) is 9.48 Å². The fourth-order valence-corrected chi connectivity index (χ4v) is 5.20. The van der Waals surface area contributed by atoms with E-state index in [2.05, 4.69) is 10.4 Å². The molecule has 0 aliphatic carbocycles. The van der Waals surface area contributed by atoms with Gasteiger partial charge in [-0.15, -0.1) is 11.3 Å². The van der Waals surface area contributed by atoms with Crippen LogP contribution in [-0.2, 0) is 16.0 Å². The minimum absolute atomic E-state index is 0.138. The summed E-state index contributed by atoms with van der Waals surface area (Å²) < 4.78 is 12.4. The van der Waals surface area contributed by atoms with E-state index >= 15 is 0 Å². The predicted molar refractivity (Wildman–Crippen MR) is 147 cm³/mol. The molecule has 3 aromatic heterocycles. The highest BCUT2D eigenvalue weighted by atomic mass is 32.1. The van der Waals surface area contributed by atoms with Gasteiger partial charge in [0.05, 0.1) is 40.7 Å². The third-order valence-corrected chi connectivity index (χ3v) is 7.08. The van der Waals surface area contributed by atoms with E-state index in [-0.39, 0.29) is 28.2 Å². The number of aromatic nitrogens is 3. The molecule has 0 unspecified atom stereocenters. The summed E-state index contributed by atoms with van der Waals surface area (Å²) in [6.45, 7) is 11.6. The summed E-state index contributed by atoms with van der Waals surface area (Å²) in [5.74, 6) is -1.63. The molecular weight excluding hydrogens is 504 g/mol. The van der Waals surface area contributed by atoms with Crippen LogP contribution in [0, 0.1) is 13.8 Å². The maximum Gasteiger partial charge on any atom is 0.348 e. The number of amides is 1. The number of para-hydroxylation sites is 1. The van der Waals surface area contributed by atoms with Gasteiger partial charge in [0.25, 0.3) is 5.91 Å². The Balaban J connectivity index is 1.81. The third-order valence-electron chi connectivity index (χ3n) is 5.89. The smallest absolute Gasteiger partial charge is 0.348 e. The normalized spacial score (nSPS) is 11.1. The molecule has 0 aliphatic heterocycles. The van der Waals surface area contributed by atoms with E-state index in [0.29, 0.717) is 34.3 Å². The number of ether oxygens (including phenoxy) is 2. The Kier molecular flexibility index (Phi) is 7.91. The largest absolute Gasteiger partial charge is 0.462 e. The zero-order valence-electron chi connectivity index (χ0n) is 22.2. The number of nitrogens with zero attached hydrogens (tertiary/aromatic N) is 3. The van der Waals surface area contributed by atoms with Crippen molar-refractivity contribution in [2.45, 2.75) is 54.2 Å². The molecule has 3 heterocycles. The number of anilines is 1. The van der Waals surface area contributed by atoms with Gasteiger partial charge in [-0.2, -0.15) is 5.10 Å². The summed E-state index contributed by atoms with van der Waals surface area (Å²) >= 11 is 0.991. The van der Waals surface area contributed by atoms with E-state index < -0.39 is 17.8 Å². The highest BCUT2D eigenvalue weighted by Gasteiger charge is 2.28. The number of hydrogen-bond donors (Lipinski definition) is 1. The second-order valence-corrected chi connectivity index (χ2v) is 9.97. The average Bonchev–Trinajstić information content (AvgIpc) is 3.42. The molecule has 9 nitrogen and oxygen atoms in total. The topological polar surface area (TPSA) is 112 Å². The number of nitrogens with one attached hydrogen (secondary N) is 1. The van der Waals surface area contributed by atoms with Gasteiger partial charge in [-0.25, -0.2) is 14.6 Å². The Hall–Kier alpha value is -4.05. The Labute approximate surface area is 224 Å². The lowest BCUT2D eigenvalue weighted by Crippen LogP contribution is -2.17. The number of carbonyl (C=O) groups excluding carboxylic acids is 3. The number of pyridine rings is 1. The highest BCUT2D eigenvalue weighted by molar-refractivity contribution is 7.18. The van der Waals surface area contributed by atoms with Gasteiger partial charge in [0, 0.05) is 23.7 Å². The fourth-order valence-electron chi connectivity index (χ4n) is 4.11. The molecule has 0 fully saturated rings. The average molecular weight is 535 g/mol. The van der Waals surface area contributed by atoms with Crippen molar-refractivity contribution >= 4 is 45.1 Å². The van der Waals surface area contributed by atoms with Gasteiger partial charge in [0.2, 0.25) is 0 Å². The number of rotatable bonds is 8. The van der Waals surface area contributed by atoms with Crippen LogP contribution >= 0.6 is 11.3 Å². The van der Waals surface area contributed by atoms with Crippen molar-refractivity contribution in [1.29, 1.82) is 0 Å². The highest BCUT2D eigenvalue weighted by Crippen LogP contribution is 2.36. The Morgan fingerprint density at radius 1 is 1.11 bits per heavy atom. The minimum atomic E-state index is -0.623. The fraction of sp³-hybridized carbons (Fsp3) is 0.321. The second kappa shape index (κ2) is 11.1. The van der Waals surface area contributed by atoms with E-state index in [0.717, 1.165) is 22.6 Å². The van der Waals surface area contributed by atoms with Crippen molar-refractivity contribution in [1.82, 2.24) is 14.8 Å². The molecular formula is C28H30N4O5S. The lowest BCUT2D eigenvalue weighted by atomic mass is 10.0. The first-order chi connectivity index (χ1) is 18.1. The molecule has 0 radical (unpaired) electrons. The number of fused-ring (bicyclic) bond motifs is 1. The van der Waals surface area contributed by atoms with Crippen LogP contribution in [0.4, 0.5) is 5.00 Å². The number of carbonyl (C=O) groups is 3. The van der Waals surface area contributed by atoms with E-state index in [1.807, 2.05) is 49.0 Å². The SMILES string of the molecule is CCOC(=O)c1sc(NC(=O)c2cc(-c3cn(CC)nc3C)nc3ccccc23)c(C(=O)OC(C)C)c1C. The number of aryl methyl sites for hydroxylation is 2. The summed E-state index contributed by atoms with van der Waals surface area (Å²) in [6.07, 6.45) is 1.53. The zero-order valence-corrected chi connectivity index (χ0v) is 23.1. The molecule has 10 heteroatoms. The molecule has 0 saturated heterocycles. The number of esters is 2. The first-order valence-electron chi connectivity index (χ1n) is 12.4. The molecule has 4 aromatic rings. The molecule has 0 aliphatic rings. The van der Waals surface area contributed by atoms with E-state index in [9.17, 15) is 14.4 Å². The molecule has 0 spiro atoms. The summed E-state index contributed by atoms with van der Waals surface area (Å²) in [4.78, 5) is 44.3. The maximum absolute atomic E-state index is 13.7. The Morgan fingerprint density at radius 3 is 2.50 bits per heavy atom. The quantitative estimate of drug-likeness (QED) is 0.285. The van der Waals surface area contributed by atoms with Crippen molar-refractivity contribution in [3.05, 3.63) is 63.8 Å². The molecule has 0 saturated carbocycles. The minimum Gasteiger partial charge on any atom is -0.462 e. The van der Waals surface area contributed by atoms with Crippen LogP contribution < -0.4 is 5.32 Å². The van der Waals surface area contributed by atoms with Crippen LogP contribution in [0.5, 0.6) is 0 Å². The summed E-state index contributed by atoms with van der Waals surface area (Å²) in [5.41, 5.74) is 3.79. The predicted octanol–water partition coefficient (Wildman–Crippen LogP) is 5.79. The summed E-state index contributed by atoms with van der Waals surface area (Å²) in [7, 11) is 0. The van der Waals surface area contributed by atoms with Gasteiger partial charge < -0.3 is 14.8 Å². The van der Waals surface area contributed by atoms with Gasteiger partial charge in [-0.1, -0.05) is 18.2 Å². The van der Waals surface area contributed by atoms with Crippen LogP contribution in [0.15, 0.2) is 36.5 Å². The zero-order chi connectivity index (χ0) is 27.6. The molecule has 1 N–H and O–H groups in total. The first kappa shape index (κ1) is 27.0. The molecule has 0 atom stereocenters. The Morgan fingerprint density at radius 2 is 1.84 bits per heavy atom. The van der Waals surface area contributed by atoms with Crippen LogP contribution in [0.1, 0.15) is 69.3 Å². The summed E-state index contributed by atoms with van der Waals surface area (Å²) in [5, 5.41) is 8.25. The van der Waals surface area contributed by atoms with Gasteiger partial charge in [0.1, 0.15) is 9.88 Å². The second-order valence-electron chi connectivity index (χ2n) is 8.95. The van der Waals surface area contributed by atoms with Gasteiger partial charge >= 0.3 is 11.9 Å². The summed E-state index contributed by atoms with van der Waals surface area (Å²) in [6, 6.07) is 9.08. The molecule has 4 rings (SSSR count). The van der Waals surface area contributed by atoms with Crippen molar-refractivity contribution < 1.29 is 23.9 Å². The standard InChI is InChI=1S/C28H30N4O5S/c1-7-32-14-20(17(6)31-32)22-13-19(18-11-9-10-12-21(18)29-22)25(33)30-26-23(27(34)37-15(3)4)16(5)24(38-26)28(35)36-8-2/h9-15H,7-8H2,1-6H3,(H,30,33). The monoisotopic (exact) mass is 534 g/mol. The number of hydrogen-bond acceptors (Lipinski definition) is 8. The van der Waals surface area contributed by atoms with Crippen molar-refractivity contribution in [2.24, 2.45) is 0 Å². The van der Waals surface area contributed by atoms with E-state index in [1.54, 1.807) is 33.8 Å². The molecule has 1 amide bonds. The van der Waals surface area contributed by atoms with Crippen molar-refractivity contribution in [2.75, 3.05) is 11.9 Å². The molecule has 0 bridgehead atoms. The van der Waals surface area contributed by atoms with Crippen molar-refractivity contribution in [3.63, 3.8) is 0 Å². The molecule has 38 heavy (non-hydrogen) atoms. The van der Waals surface area contributed by atoms with Gasteiger partial charge in [0.15, 0.2) is 0 Å². The Bertz CT molecular complexity index is 1540. The van der Waals surface area contributed by atoms with Crippen LogP contribution in [0.3, 0.4) is 0 Å². The first-order valence-corrected chi connectivity index (χ1v) is 13.2. The van der Waals surface area contributed by atoms with Crippen LogP contribution in [0.2, 0.25) is 0 Å². The number of benzene rings is 1. The third kappa shape index (κ3) is 5.31. The number of thiophene rings is 1. The van der Waals surface area contributed by atoms with E-state index in [1.165, 1.54) is 0 Å². The lowest BCUT2D eigenvalue weighted by molar-refractivity contribution is 0.0379. The van der Waals surface area contributed by atoms with Crippen LogP contribution in [-0.4, -0.2) is 45.3 Å².